The molecule has 5 nitrogen and oxygen atoms in total. The summed E-state index contributed by atoms with van der Waals surface area (Å²) in [6, 6.07) is 8.13. The molecule has 0 bridgehead atoms. The number of aryl methyl sites for hydroxylation is 1. The normalized spacial score (nSPS) is 17.7. The van der Waals surface area contributed by atoms with E-state index in [0.717, 1.165) is 42.4 Å². The van der Waals surface area contributed by atoms with Crippen LogP contribution >= 0.6 is 0 Å². The van der Waals surface area contributed by atoms with Gasteiger partial charge in [-0.3, -0.25) is 0 Å². The van der Waals surface area contributed by atoms with Gasteiger partial charge in [-0.05, 0) is 55.9 Å². The van der Waals surface area contributed by atoms with Crippen LogP contribution in [0, 0.1) is 5.92 Å². The third-order valence-electron chi connectivity index (χ3n) is 4.62. The first-order valence-electron chi connectivity index (χ1n) is 8.41. The van der Waals surface area contributed by atoms with Crippen LogP contribution < -0.4 is 0 Å². The van der Waals surface area contributed by atoms with E-state index in [1.54, 1.807) is 6.20 Å². The molecule has 23 heavy (non-hydrogen) atoms. The van der Waals surface area contributed by atoms with E-state index in [1.165, 1.54) is 17.7 Å². The lowest BCUT2D eigenvalue weighted by molar-refractivity contribution is 0.154. The van der Waals surface area contributed by atoms with Crippen molar-refractivity contribution in [2.45, 2.75) is 38.5 Å². The summed E-state index contributed by atoms with van der Waals surface area (Å²) in [4.78, 5) is 21.3. The number of nitrogens with zero attached hydrogens (tertiary/aromatic N) is 3. The Bertz CT molecular complexity index is 674. The van der Waals surface area contributed by atoms with Crippen molar-refractivity contribution in [3.63, 3.8) is 0 Å². The van der Waals surface area contributed by atoms with Crippen molar-refractivity contribution < 1.29 is 9.90 Å². The molecule has 1 atom stereocenters. The predicted octanol–water partition coefficient (Wildman–Crippen LogP) is 3.73. The molecule has 0 saturated carbocycles. The van der Waals surface area contributed by atoms with Gasteiger partial charge in [-0.15, -0.1) is 0 Å². The molecule has 0 aromatic carbocycles. The number of aromatic nitrogens is 2. The molecule has 3 heterocycles. The number of fused-ring (bicyclic) bond motifs is 1. The highest BCUT2D eigenvalue weighted by Gasteiger charge is 2.25. The number of pyridine rings is 2. The zero-order chi connectivity index (χ0) is 16.1. The minimum absolute atomic E-state index is 0.550. The molecule has 5 heteroatoms. The van der Waals surface area contributed by atoms with Crippen molar-refractivity contribution in [3.8, 4) is 0 Å². The molecule has 1 aliphatic rings. The van der Waals surface area contributed by atoms with E-state index in [1.807, 2.05) is 12.1 Å². The minimum atomic E-state index is -0.775. The lowest BCUT2D eigenvalue weighted by Gasteiger charge is -2.12. The van der Waals surface area contributed by atoms with Gasteiger partial charge < -0.3 is 10.0 Å². The Morgan fingerprint density at radius 2 is 2.17 bits per heavy atom. The predicted molar refractivity (Wildman–Crippen MR) is 89.4 cm³/mol. The largest absolute Gasteiger partial charge is 0.465 e. The molecule has 0 radical (unpaired) electrons. The molecule has 3 rings (SSSR count). The van der Waals surface area contributed by atoms with Gasteiger partial charge >= 0.3 is 6.09 Å². The van der Waals surface area contributed by atoms with Crippen LogP contribution in [0.1, 0.15) is 37.8 Å². The topological polar surface area (TPSA) is 66.3 Å². The van der Waals surface area contributed by atoms with Crippen LogP contribution in [-0.4, -0.2) is 39.2 Å². The van der Waals surface area contributed by atoms with E-state index in [4.69, 9.17) is 5.11 Å². The van der Waals surface area contributed by atoms with E-state index < -0.39 is 6.09 Å². The summed E-state index contributed by atoms with van der Waals surface area (Å²) in [5.41, 5.74) is 1.93. The lowest BCUT2D eigenvalue weighted by atomic mass is 10.00. The number of likely N-dealkylation sites (tertiary alicyclic amines) is 1. The number of rotatable bonds is 6. The molecule has 1 amide bonds. The van der Waals surface area contributed by atoms with Crippen LogP contribution in [0.15, 0.2) is 30.5 Å². The molecule has 1 aliphatic heterocycles. The van der Waals surface area contributed by atoms with Gasteiger partial charge in [0.1, 0.15) is 0 Å². The standard InChI is InChI=1S/C18H23N3O2/c22-18(23)21-12-10-14(13-21)5-2-1-3-7-16-9-8-15-6-4-11-19-17(15)20-16/h4,6,8-9,11,14H,1-3,5,7,10,12-13H2,(H,22,23). The van der Waals surface area contributed by atoms with E-state index in [0.29, 0.717) is 19.0 Å². The Labute approximate surface area is 136 Å². The zero-order valence-corrected chi connectivity index (χ0v) is 13.3. The number of hydrogen-bond acceptors (Lipinski definition) is 3. The Morgan fingerprint density at radius 1 is 1.26 bits per heavy atom. The Balaban J connectivity index is 1.37. The highest BCUT2D eigenvalue weighted by atomic mass is 16.4. The highest BCUT2D eigenvalue weighted by Crippen LogP contribution is 2.22. The maximum absolute atomic E-state index is 10.9. The molecule has 0 spiro atoms. The molecule has 1 fully saturated rings. The molecule has 122 valence electrons. The number of unbranched alkanes of at least 4 members (excludes halogenated alkanes) is 2. The maximum Gasteiger partial charge on any atom is 0.407 e. The van der Waals surface area contributed by atoms with Crippen molar-refractivity contribution in [2.75, 3.05) is 13.1 Å². The fourth-order valence-electron chi connectivity index (χ4n) is 3.29. The third kappa shape index (κ3) is 4.18. The smallest absolute Gasteiger partial charge is 0.407 e. The molecule has 1 N–H and O–H groups in total. The van der Waals surface area contributed by atoms with Crippen LogP contribution in [0.3, 0.4) is 0 Å². The van der Waals surface area contributed by atoms with Crippen molar-refractivity contribution in [3.05, 3.63) is 36.2 Å². The van der Waals surface area contributed by atoms with Crippen LogP contribution in [0.25, 0.3) is 11.0 Å². The van der Waals surface area contributed by atoms with Crippen molar-refractivity contribution in [1.29, 1.82) is 0 Å². The monoisotopic (exact) mass is 313 g/mol. The zero-order valence-electron chi connectivity index (χ0n) is 13.3. The third-order valence-corrected chi connectivity index (χ3v) is 4.62. The van der Waals surface area contributed by atoms with Gasteiger partial charge in [-0.2, -0.15) is 0 Å². The Morgan fingerprint density at radius 3 is 3.00 bits per heavy atom. The molecular weight excluding hydrogens is 290 g/mol. The van der Waals surface area contributed by atoms with Gasteiger partial charge in [0.05, 0.1) is 0 Å². The summed E-state index contributed by atoms with van der Waals surface area (Å²) in [6.07, 6.45) is 7.61. The summed E-state index contributed by atoms with van der Waals surface area (Å²) in [5.74, 6) is 0.550. The van der Waals surface area contributed by atoms with Crippen molar-refractivity contribution >= 4 is 17.1 Å². The molecule has 1 saturated heterocycles. The number of carbonyl (C=O) groups is 1. The fourth-order valence-corrected chi connectivity index (χ4v) is 3.29. The average Bonchev–Trinajstić information content (AvgIpc) is 3.03. The van der Waals surface area contributed by atoms with Gasteiger partial charge in [0.2, 0.25) is 0 Å². The number of amides is 1. The summed E-state index contributed by atoms with van der Waals surface area (Å²) >= 11 is 0. The van der Waals surface area contributed by atoms with Gasteiger partial charge in [0.15, 0.2) is 5.65 Å². The van der Waals surface area contributed by atoms with Crippen LogP contribution in [0.4, 0.5) is 4.79 Å². The molecule has 2 aromatic heterocycles. The van der Waals surface area contributed by atoms with Crippen molar-refractivity contribution in [1.82, 2.24) is 14.9 Å². The molecule has 1 unspecified atom stereocenters. The van der Waals surface area contributed by atoms with E-state index in [9.17, 15) is 4.79 Å². The summed E-state index contributed by atoms with van der Waals surface area (Å²) in [6.45, 7) is 1.42. The summed E-state index contributed by atoms with van der Waals surface area (Å²) in [5, 5.41) is 10.0. The first-order chi connectivity index (χ1) is 11.2. The molecule has 2 aromatic rings. The van der Waals surface area contributed by atoms with E-state index in [-0.39, 0.29) is 0 Å². The first-order valence-corrected chi connectivity index (χ1v) is 8.41. The molecular formula is C18H23N3O2. The quantitative estimate of drug-likeness (QED) is 0.825. The molecule has 0 aliphatic carbocycles. The second-order valence-electron chi connectivity index (χ2n) is 6.34. The Hall–Kier alpha value is -2.17. The second kappa shape index (κ2) is 7.40. The fraction of sp³-hybridized carbons (Fsp3) is 0.500. The van der Waals surface area contributed by atoms with Gasteiger partial charge in [0.25, 0.3) is 0 Å². The van der Waals surface area contributed by atoms with E-state index >= 15 is 0 Å². The minimum Gasteiger partial charge on any atom is -0.465 e. The highest BCUT2D eigenvalue weighted by molar-refractivity contribution is 5.74. The van der Waals surface area contributed by atoms with Crippen LogP contribution in [0.5, 0.6) is 0 Å². The van der Waals surface area contributed by atoms with Crippen LogP contribution in [0.2, 0.25) is 0 Å². The van der Waals surface area contributed by atoms with Gasteiger partial charge in [-0.1, -0.05) is 12.8 Å². The van der Waals surface area contributed by atoms with Gasteiger partial charge in [-0.25, -0.2) is 14.8 Å². The van der Waals surface area contributed by atoms with Gasteiger partial charge in [0, 0.05) is 30.4 Å². The lowest BCUT2D eigenvalue weighted by Crippen LogP contribution is -2.26. The second-order valence-corrected chi connectivity index (χ2v) is 6.34. The average molecular weight is 313 g/mol. The maximum atomic E-state index is 10.9. The summed E-state index contributed by atoms with van der Waals surface area (Å²) < 4.78 is 0. The Kier molecular flexibility index (Phi) is 5.05. The SMILES string of the molecule is O=C(O)N1CCC(CCCCCc2ccc3cccnc3n2)C1. The summed E-state index contributed by atoms with van der Waals surface area (Å²) in [7, 11) is 0. The van der Waals surface area contributed by atoms with Crippen molar-refractivity contribution in [2.24, 2.45) is 5.92 Å². The number of carboxylic acid groups (broad SMARTS) is 1. The van der Waals surface area contributed by atoms with E-state index in [2.05, 4.69) is 22.1 Å². The van der Waals surface area contributed by atoms with Crippen LogP contribution in [-0.2, 0) is 6.42 Å². The number of hydrogen-bond donors (Lipinski definition) is 1. The first kappa shape index (κ1) is 15.7.